The van der Waals surface area contributed by atoms with E-state index in [1.165, 1.54) is 161 Å². The van der Waals surface area contributed by atoms with Gasteiger partial charge in [-0.3, -0.25) is 0 Å². The maximum atomic E-state index is 10.7. The largest absolute Gasteiger partial charge is 0.387 e. The summed E-state index contributed by atoms with van der Waals surface area (Å²) in [4.78, 5) is 0. The highest BCUT2D eigenvalue weighted by Gasteiger charge is 2.44. The quantitative estimate of drug-likeness (QED) is 0.0373. The molecule has 0 saturated carbocycles. The molecule has 0 aliphatic carbocycles. The molecule has 1 rings (SSSR count). The maximum absolute atomic E-state index is 10.7. The van der Waals surface area contributed by atoms with Crippen molar-refractivity contribution in [3.63, 3.8) is 0 Å². The van der Waals surface area contributed by atoms with Gasteiger partial charge in [0.1, 0.15) is 37.1 Å². The molecule has 0 bridgehead atoms. The molecule has 1 heterocycles. The second kappa shape index (κ2) is 33.1. The van der Waals surface area contributed by atoms with E-state index < -0.39 is 36.8 Å². The van der Waals surface area contributed by atoms with Crippen molar-refractivity contribution in [1.82, 2.24) is 0 Å². The molecule has 0 aromatic heterocycles. The number of aliphatic hydroxyl groups is 4. The first kappa shape index (κ1) is 48.7. The predicted octanol–water partition coefficient (Wildman–Crippen LogP) is 9.23. The lowest BCUT2D eigenvalue weighted by Gasteiger charge is -2.40. The van der Waals surface area contributed by atoms with Crippen LogP contribution in [0.25, 0.3) is 0 Å². The van der Waals surface area contributed by atoms with Gasteiger partial charge in [-0.15, -0.1) is 0 Å². The van der Waals surface area contributed by atoms with Crippen LogP contribution in [0.1, 0.15) is 194 Å². The fraction of sp³-hybridized carbons (Fsp3) is 1.00. The molecule has 0 aromatic carbocycles. The van der Waals surface area contributed by atoms with Crippen LogP contribution in [0.2, 0.25) is 0 Å². The van der Waals surface area contributed by atoms with Crippen LogP contribution in [0.15, 0.2) is 0 Å². The van der Waals surface area contributed by atoms with Crippen LogP contribution in [-0.4, -0.2) is 109 Å². The Morgan fingerprint density at radius 3 is 1.35 bits per heavy atom. The van der Waals surface area contributed by atoms with E-state index in [0.29, 0.717) is 13.2 Å². The lowest BCUT2D eigenvalue weighted by molar-refractivity contribution is -0.893. The standard InChI is InChI=1S/C43H88NO7/c1-5-7-9-11-13-15-17-19-20-21-22-24-26-28-30-32-34-50-43-42(48)41(47)40(46)39(51-43)37-49-36-38(45)35-44(3,4)33-31-29-27-25-23-18-16-14-12-10-8-6-2/h38-43,45-48H,5-37H2,1-4H3/q+1/t38?,39-,40-,41+,42-,43-/m1/s1. The third kappa shape index (κ3) is 27.0. The Bertz CT molecular complexity index is 741. The molecule has 0 aromatic rings. The molecule has 0 amide bonds. The first-order valence-electron chi connectivity index (χ1n) is 22.1. The molecule has 306 valence electrons. The Labute approximate surface area is 316 Å². The summed E-state index contributed by atoms with van der Waals surface area (Å²) in [7, 11) is 4.30. The number of ether oxygens (including phenoxy) is 3. The number of unbranched alkanes of at least 4 members (excludes halogenated alkanes) is 26. The molecule has 0 radical (unpaired) electrons. The molecular weight excluding hydrogens is 642 g/mol. The third-order valence-corrected chi connectivity index (χ3v) is 10.9. The molecule has 1 fully saturated rings. The number of hydrogen-bond donors (Lipinski definition) is 4. The Hall–Kier alpha value is -0.320. The van der Waals surface area contributed by atoms with Gasteiger partial charge in [0, 0.05) is 6.61 Å². The zero-order valence-corrected chi connectivity index (χ0v) is 34.3. The smallest absolute Gasteiger partial charge is 0.186 e. The van der Waals surface area contributed by atoms with Crippen molar-refractivity contribution in [2.24, 2.45) is 0 Å². The molecule has 8 nitrogen and oxygen atoms in total. The highest BCUT2D eigenvalue weighted by Crippen LogP contribution is 2.23. The number of likely N-dealkylation sites (N-methyl/N-ethyl adjacent to an activating group) is 1. The minimum Gasteiger partial charge on any atom is -0.387 e. The fourth-order valence-corrected chi connectivity index (χ4v) is 7.46. The molecule has 1 saturated heterocycles. The Balaban J connectivity index is 2.10. The normalized spacial score (nSPS) is 21.8. The van der Waals surface area contributed by atoms with Gasteiger partial charge in [-0.1, -0.05) is 174 Å². The Morgan fingerprint density at radius 2 is 0.922 bits per heavy atom. The molecule has 1 aliphatic rings. The maximum Gasteiger partial charge on any atom is 0.186 e. The molecule has 1 unspecified atom stereocenters. The van der Waals surface area contributed by atoms with Gasteiger partial charge < -0.3 is 39.1 Å². The lowest BCUT2D eigenvalue weighted by atomic mass is 9.99. The van der Waals surface area contributed by atoms with E-state index in [0.717, 1.165) is 30.3 Å². The predicted molar refractivity (Wildman–Crippen MR) is 212 cm³/mol. The van der Waals surface area contributed by atoms with Crippen molar-refractivity contribution in [3.05, 3.63) is 0 Å². The van der Waals surface area contributed by atoms with Crippen molar-refractivity contribution in [3.8, 4) is 0 Å². The average Bonchev–Trinajstić information content (AvgIpc) is 3.10. The molecule has 6 atom stereocenters. The summed E-state index contributed by atoms with van der Waals surface area (Å²) in [5, 5.41) is 42.1. The van der Waals surface area contributed by atoms with Crippen LogP contribution < -0.4 is 0 Å². The zero-order valence-electron chi connectivity index (χ0n) is 34.3. The van der Waals surface area contributed by atoms with Gasteiger partial charge in [-0.25, -0.2) is 0 Å². The minimum absolute atomic E-state index is 0.00703. The van der Waals surface area contributed by atoms with Gasteiger partial charge in [0.05, 0.1) is 33.9 Å². The van der Waals surface area contributed by atoms with Crippen LogP contribution in [-0.2, 0) is 14.2 Å². The van der Waals surface area contributed by atoms with Crippen LogP contribution in [0.3, 0.4) is 0 Å². The number of rotatable bonds is 37. The number of aliphatic hydroxyl groups excluding tert-OH is 4. The topological polar surface area (TPSA) is 109 Å². The van der Waals surface area contributed by atoms with E-state index in [4.69, 9.17) is 14.2 Å². The zero-order chi connectivity index (χ0) is 37.4. The molecule has 1 aliphatic heterocycles. The van der Waals surface area contributed by atoms with Crippen molar-refractivity contribution in [2.75, 3.05) is 47.0 Å². The van der Waals surface area contributed by atoms with Gasteiger partial charge in [0.2, 0.25) is 0 Å². The summed E-state index contributed by atoms with van der Waals surface area (Å²) in [5.74, 6) is 0. The summed E-state index contributed by atoms with van der Waals surface area (Å²) >= 11 is 0. The van der Waals surface area contributed by atoms with E-state index in [-0.39, 0.29) is 13.2 Å². The molecule has 0 spiro atoms. The SMILES string of the molecule is CCCCCCCCCCCCCCCCCCO[C@@H]1O[C@H](COCC(O)C[N+](C)(C)CCCCCCCCCCCCCC)[C@@H](O)[C@H](O)[C@H]1O. The summed E-state index contributed by atoms with van der Waals surface area (Å²) in [5.41, 5.74) is 0. The Kier molecular flexibility index (Phi) is 31.6. The monoisotopic (exact) mass is 731 g/mol. The van der Waals surface area contributed by atoms with Crippen molar-refractivity contribution in [1.29, 1.82) is 0 Å². The van der Waals surface area contributed by atoms with E-state index in [9.17, 15) is 20.4 Å². The third-order valence-electron chi connectivity index (χ3n) is 10.9. The van der Waals surface area contributed by atoms with E-state index in [1.54, 1.807) is 0 Å². The average molecular weight is 731 g/mol. The summed E-state index contributed by atoms with van der Waals surface area (Å²) in [6.07, 6.45) is 30.3. The van der Waals surface area contributed by atoms with Gasteiger partial charge in [-0.05, 0) is 19.3 Å². The molecule has 51 heavy (non-hydrogen) atoms. The second-order valence-corrected chi connectivity index (χ2v) is 16.6. The van der Waals surface area contributed by atoms with Crippen molar-refractivity contribution < 1.29 is 39.1 Å². The first-order chi connectivity index (χ1) is 24.7. The van der Waals surface area contributed by atoms with Crippen LogP contribution >= 0.6 is 0 Å². The van der Waals surface area contributed by atoms with Crippen molar-refractivity contribution >= 4 is 0 Å². The molecular formula is C43H88NO7+. The first-order valence-corrected chi connectivity index (χ1v) is 22.1. The number of hydrogen-bond acceptors (Lipinski definition) is 7. The van der Waals surface area contributed by atoms with Gasteiger partial charge >= 0.3 is 0 Å². The van der Waals surface area contributed by atoms with E-state index in [1.807, 2.05) is 0 Å². The number of nitrogens with zero attached hydrogens (tertiary/aromatic N) is 1. The van der Waals surface area contributed by atoms with Crippen LogP contribution in [0.4, 0.5) is 0 Å². The summed E-state index contributed by atoms with van der Waals surface area (Å²) < 4.78 is 18.1. The van der Waals surface area contributed by atoms with Gasteiger partial charge in [-0.2, -0.15) is 0 Å². The second-order valence-electron chi connectivity index (χ2n) is 16.6. The number of quaternary nitrogens is 1. The van der Waals surface area contributed by atoms with Crippen LogP contribution in [0, 0.1) is 0 Å². The molecule has 4 N–H and O–H groups in total. The summed E-state index contributed by atoms with van der Waals surface area (Å²) in [6, 6.07) is 0. The fourth-order valence-electron chi connectivity index (χ4n) is 7.46. The minimum atomic E-state index is -1.38. The van der Waals surface area contributed by atoms with E-state index >= 15 is 0 Å². The highest BCUT2D eigenvalue weighted by molar-refractivity contribution is 4.89. The van der Waals surface area contributed by atoms with Crippen molar-refractivity contribution in [2.45, 2.75) is 230 Å². The summed E-state index contributed by atoms with van der Waals surface area (Å²) in [6.45, 7) is 6.70. The molecule has 8 heteroatoms. The van der Waals surface area contributed by atoms with Gasteiger partial charge in [0.25, 0.3) is 0 Å². The highest BCUT2D eigenvalue weighted by atomic mass is 16.7. The van der Waals surface area contributed by atoms with Crippen LogP contribution in [0.5, 0.6) is 0 Å². The van der Waals surface area contributed by atoms with E-state index in [2.05, 4.69) is 27.9 Å². The Morgan fingerprint density at radius 1 is 0.529 bits per heavy atom. The lowest BCUT2D eigenvalue weighted by Crippen LogP contribution is -2.59. The van der Waals surface area contributed by atoms with Gasteiger partial charge in [0.15, 0.2) is 6.29 Å².